The summed E-state index contributed by atoms with van der Waals surface area (Å²) in [6, 6.07) is 5.34. The fraction of sp³-hybridized carbons (Fsp3) is 0.579. The Hall–Kier alpha value is -2.32. The van der Waals surface area contributed by atoms with Crippen LogP contribution >= 0.6 is 0 Å². The number of methoxy groups -OCH3 is 1. The zero-order valence-electron chi connectivity index (χ0n) is 17.2. The maximum atomic E-state index is 11.1. The van der Waals surface area contributed by atoms with Gasteiger partial charge >= 0.3 is 0 Å². The van der Waals surface area contributed by atoms with E-state index in [9.17, 15) is 9.59 Å². The van der Waals surface area contributed by atoms with E-state index in [1.54, 1.807) is 25.2 Å². The quantitative estimate of drug-likeness (QED) is 0.306. The van der Waals surface area contributed by atoms with Gasteiger partial charge in [0.1, 0.15) is 12.0 Å². The molecule has 1 unspecified atom stereocenters. The predicted molar refractivity (Wildman–Crippen MR) is 111 cm³/mol. The molecular formula is C19H35N5O3. The Morgan fingerprint density at radius 2 is 2.07 bits per heavy atom. The lowest BCUT2D eigenvalue weighted by Crippen LogP contribution is -2.39. The summed E-state index contributed by atoms with van der Waals surface area (Å²) < 4.78 is 5.02. The Bertz CT molecular complexity index is 568. The summed E-state index contributed by atoms with van der Waals surface area (Å²) in [7, 11) is 5.21. The van der Waals surface area contributed by atoms with Gasteiger partial charge in [0.05, 0.1) is 31.1 Å². The van der Waals surface area contributed by atoms with Gasteiger partial charge in [0.2, 0.25) is 5.91 Å². The number of hydrogen-bond acceptors (Lipinski definition) is 7. The second-order valence-electron chi connectivity index (χ2n) is 6.17. The maximum absolute atomic E-state index is 11.1. The third-order valence-corrected chi connectivity index (χ3v) is 3.91. The van der Waals surface area contributed by atoms with Gasteiger partial charge in [-0.2, -0.15) is 0 Å². The minimum absolute atomic E-state index is 0.0946. The van der Waals surface area contributed by atoms with E-state index in [1.807, 2.05) is 7.05 Å². The van der Waals surface area contributed by atoms with Crippen LogP contribution in [0.15, 0.2) is 18.2 Å². The second kappa shape index (κ2) is 13.8. The summed E-state index contributed by atoms with van der Waals surface area (Å²) in [6.45, 7) is 5.40. The van der Waals surface area contributed by atoms with Gasteiger partial charge in [0, 0.05) is 7.05 Å². The Morgan fingerprint density at radius 3 is 2.52 bits per heavy atom. The molecular weight excluding hydrogens is 346 g/mol. The molecule has 27 heavy (non-hydrogen) atoms. The molecule has 1 amide bonds. The van der Waals surface area contributed by atoms with E-state index in [4.69, 9.17) is 16.3 Å². The number of nitrogens with zero attached hydrogens (tertiary/aromatic N) is 2. The second-order valence-corrected chi connectivity index (χ2v) is 6.17. The molecule has 0 spiro atoms. The number of hydrogen-bond donors (Lipinski definition) is 3. The minimum atomic E-state index is 0.0946. The highest BCUT2D eigenvalue weighted by Crippen LogP contribution is 2.30. The molecule has 0 radical (unpaired) electrons. The molecule has 5 N–H and O–H groups in total. The summed E-state index contributed by atoms with van der Waals surface area (Å²) >= 11 is 0. The fourth-order valence-corrected chi connectivity index (χ4v) is 2.55. The average molecular weight is 382 g/mol. The van der Waals surface area contributed by atoms with Crippen LogP contribution in [-0.4, -0.2) is 57.4 Å². The highest BCUT2D eigenvalue weighted by atomic mass is 16.5. The van der Waals surface area contributed by atoms with Crippen LogP contribution in [0.25, 0.3) is 0 Å². The summed E-state index contributed by atoms with van der Waals surface area (Å²) in [6.07, 6.45) is 4.11. The van der Waals surface area contributed by atoms with Crippen molar-refractivity contribution in [3.8, 4) is 5.75 Å². The van der Waals surface area contributed by atoms with E-state index >= 15 is 0 Å². The molecule has 1 aromatic rings. The lowest BCUT2D eigenvalue weighted by Gasteiger charge is -2.18. The highest BCUT2D eigenvalue weighted by molar-refractivity contribution is 5.81. The topological polar surface area (TPSA) is 114 Å². The summed E-state index contributed by atoms with van der Waals surface area (Å²) in [5.74, 6) is 6.29. The van der Waals surface area contributed by atoms with Gasteiger partial charge in [-0.25, -0.2) is 5.84 Å². The molecule has 8 nitrogen and oxygen atoms in total. The van der Waals surface area contributed by atoms with E-state index in [0.29, 0.717) is 23.4 Å². The van der Waals surface area contributed by atoms with Crippen molar-refractivity contribution in [1.82, 2.24) is 10.2 Å². The van der Waals surface area contributed by atoms with Gasteiger partial charge in [-0.3, -0.25) is 9.69 Å². The van der Waals surface area contributed by atoms with Crippen molar-refractivity contribution in [3.05, 3.63) is 18.2 Å². The molecule has 0 aromatic heterocycles. The standard InChI is InChI=1S/C9H13N3O2.C7H14N2O.C3H8/c1-14-8-4-2-3-7(9(8)10)12(11)5-6-13;1-8-7(10)6-4-3-5-9(6)2;1-3-2/h2-4,6H,5,10-11H2,1H3;6H,3-5H2,1-2H3,(H,8,10);3H2,1-2H3. The normalized spacial score (nSPS) is 15.6. The average Bonchev–Trinajstić information content (AvgIpc) is 3.08. The number of likely N-dealkylation sites (tertiary alicyclic amines) is 1. The van der Waals surface area contributed by atoms with E-state index in [0.717, 1.165) is 19.4 Å². The smallest absolute Gasteiger partial charge is 0.237 e. The van der Waals surface area contributed by atoms with Crippen molar-refractivity contribution in [2.24, 2.45) is 5.84 Å². The maximum Gasteiger partial charge on any atom is 0.237 e. The molecule has 154 valence electrons. The van der Waals surface area contributed by atoms with Gasteiger partial charge in [-0.15, -0.1) is 0 Å². The number of rotatable bonds is 5. The molecule has 1 saturated heterocycles. The molecule has 0 saturated carbocycles. The SMILES string of the molecule is CCC.CNC(=O)C1CCCN1C.COc1cccc(N(N)CC=O)c1N. The van der Waals surface area contributed by atoms with Gasteiger partial charge < -0.3 is 25.6 Å². The third kappa shape index (κ3) is 8.27. The Kier molecular flexibility index (Phi) is 12.6. The fourth-order valence-electron chi connectivity index (χ4n) is 2.55. The number of carbonyl (C=O) groups excluding carboxylic acids is 2. The lowest BCUT2D eigenvalue weighted by molar-refractivity contribution is -0.124. The van der Waals surface area contributed by atoms with Crippen molar-refractivity contribution in [3.63, 3.8) is 0 Å². The van der Waals surface area contributed by atoms with E-state index < -0.39 is 0 Å². The minimum Gasteiger partial charge on any atom is -0.495 e. The molecule has 2 rings (SSSR count). The zero-order chi connectivity index (χ0) is 20.8. The first-order valence-corrected chi connectivity index (χ1v) is 9.17. The number of likely N-dealkylation sites (N-methyl/N-ethyl adjacent to an activating group) is 2. The highest BCUT2D eigenvalue weighted by Gasteiger charge is 2.26. The number of aldehydes is 1. The van der Waals surface area contributed by atoms with Gasteiger partial charge in [0.15, 0.2) is 0 Å². The zero-order valence-corrected chi connectivity index (χ0v) is 17.2. The van der Waals surface area contributed by atoms with Crippen molar-refractivity contribution in [1.29, 1.82) is 0 Å². The number of carbonyl (C=O) groups is 2. The first-order chi connectivity index (χ1) is 12.9. The number of nitrogens with two attached hydrogens (primary N) is 2. The number of anilines is 2. The third-order valence-electron chi connectivity index (χ3n) is 3.91. The number of hydrazine groups is 1. The van der Waals surface area contributed by atoms with Gasteiger partial charge in [-0.1, -0.05) is 26.3 Å². The molecule has 1 aliphatic rings. The van der Waals surface area contributed by atoms with Crippen molar-refractivity contribution >= 4 is 23.6 Å². The van der Waals surface area contributed by atoms with Crippen LogP contribution in [0.2, 0.25) is 0 Å². The van der Waals surface area contributed by atoms with E-state index in [1.165, 1.54) is 18.5 Å². The molecule has 1 fully saturated rings. The number of nitrogens with one attached hydrogen (secondary N) is 1. The first kappa shape index (κ1) is 24.7. The lowest BCUT2D eigenvalue weighted by atomic mass is 10.2. The molecule has 0 bridgehead atoms. The van der Waals surface area contributed by atoms with Crippen LogP contribution < -0.4 is 26.6 Å². The van der Waals surface area contributed by atoms with Crippen LogP contribution in [0.3, 0.4) is 0 Å². The largest absolute Gasteiger partial charge is 0.495 e. The number of amides is 1. The molecule has 1 heterocycles. The van der Waals surface area contributed by atoms with Gasteiger partial charge in [0.25, 0.3) is 0 Å². The number of ether oxygens (including phenoxy) is 1. The summed E-state index contributed by atoms with van der Waals surface area (Å²) in [4.78, 5) is 23.4. The van der Waals surface area contributed by atoms with Crippen LogP contribution in [0.4, 0.5) is 11.4 Å². The van der Waals surface area contributed by atoms with E-state index in [2.05, 4.69) is 24.1 Å². The van der Waals surface area contributed by atoms with Crippen molar-refractivity contribution in [2.75, 3.05) is 45.0 Å². The molecule has 1 aromatic carbocycles. The van der Waals surface area contributed by atoms with E-state index in [-0.39, 0.29) is 18.5 Å². The summed E-state index contributed by atoms with van der Waals surface area (Å²) in [5, 5.41) is 3.93. The van der Waals surface area contributed by atoms with Crippen LogP contribution in [0, 0.1) is 0 Å². The molecule has 8 heteroatoms. The Labute approximate surface area is 162 Å². The van der Waals surface area contributed by atoms with Crippen LogP contribution in [-0.2, 0) is 9.59 Å². The number of benzene rings is 1. The Balaban J connectivity index is 0.000000455. The summed E-state index contributed by atoms with van der Waals surface area (Å²) in [5.41, 5.74) is 6.77. The predicted octanol–water partition coefficient (Wildman–Crippen LogP) is 1.40. The Morgan fingerprint density at radius 1 is 1.44 bits per heavy atom. The number of nitrogen functional groups attached to an aromatic ring is 1. The first-order valence-electron chi connectivity index (χ1n) is 9.17. The van der Waals surface area contributed by atoms with Crippen LogP contribution in [0.5, 0.6) is 5.75 Å². The van der Waals surface area contributed by atoms with Crippen molar-refractivity contribution in [2.45, 2.75) is 39.2 Å². The van der Waals surface area contributed by atoms with Crippen molar-refractivity contribution < 1.29 is 14.3 Å². The van der Waals surface area contributed by atoms with Gasteiger partial charge in [-0.05, 0) is 38.6 Å². The molecule has 1 atom stereocenters. The molecule has 1 aliphatic heterocycles. The molecule has 0 aliphatic carbocycles. The van der Waals surface area contributed by atoms with Crippen LogP contribution in [0.1, 0.15) is 33.1 Å². The number of para-hydroxylation sites is 1. The monoisotopic (exact) mass is 381 g/mol.